The molecule has 8 heteroatoms. The van der Waals surface area contributed by atoms with E-state index < -0.39 is 15.6 Å². The van der Waals surface area contributed by atoms with E-state index in [9.17, 15) is 13.2 Å². The smallest absolute Gasteiger partial charge is 0.336 e. The summed E-state index contributed by atoms with van der Waals surface area (Å²) in [6.45, 7) is 4.19. The molecule has 0 bridgehead atoms. The van der Waals surface area contributed by atoms with E-state index in [-0.39, 0.29) is 10.9 Å². The minimum Gasteiger partial charge on any atom is -0.495 e. The van der Waals surface area contributed by atoms with Crippen LogP contribution < -0.4 is 20.4 Å². The zero-order chi connectivity index (χ0) is 21.5. The maximum absolute atomic E-state index is 12.6. The second kappa shape index (κ2) is 7.77. The molecule has 0 radical (unpaired) electrons. The molecular formula is C22H24N2O5S. The Morgan fingerprint density at radius 3 is 2.60 bits per heavy atom. The highest BCUT2D eigenvalue weighted by Crippen LogP contribution is 2.30. The summed E-state index contributed by atoms with van der Waals surface area (Å²) in [5, 5.41) is 4.05. The van der Waals surface area contributed by atoms with Gasteiger partial charge >= 0.3 is 5.63 Å². The van der Waals surface area contributed by atoms with E-state index in [4.69, 9.17) is 9.15 Å². The molecular weight excluding hydrogens is 404 g/mol. The quantitative estimate of drug-likeness (QED) is 0.559. The van der Waals surface area contributed by atoms with Gasteiger partial charge < -0.3 is 14.5 Å². The van der Waals surface area contributed by atoms with Gasteiger partial charge in [-0.2, -0.15) is 0 Å². The molecule has 1 saturated carbocycles. The van der Waals surface area contributed by atoms with Crippen LogP contribution in [0, 0.1) is 13.8 Å². The molecule has 158 valence electrons. The van der Waals surface area contributed by atoms with Crippen LogP contribution in [0.1, 0.15) is 29.5 Å². The first kappa shape index (κ1) is 20.4. The van der Waals surface area contributed by atoms with Crippen molar-refractivity contribution in [3.63, 3.8) is 0 Å². The first-order chi connectivity index (χ1) is 14.3. The highest BCUT2D eigenvalue weighted by Gasteiger charge is 2.28. The lowest BCUT2D eigenvalue weighted by Gasteiger charge is -2.15. The molecule has 7 nitrogen and oxygen atoms in total. The van der Waals surface area contributed by atoms with E-state index in [0.29, 0.717) is 23.6 Å². The number of methoxy groups -OCH3 is 1. The Morgan fingerprint density at radius 2 is 1.90 bits per heavy atom. The zero-order valence-corrected chi connectivity index (χ0v) is 17.9. The van der Waals surface area contributed by atoms with Crippen molar-refractivity contribution >= 4 is 26.7 Å². The van der Waals surface area contributed by atoms with E-state index in [1.807, 2.05) is 26.0 Å². The van der Waals surface area contributed by atoms with Crippen molar-refractivity contribution in [2.75, 3.05) is 12.4 Å². The molecule has 1 fully saturated rings. The van der Waals surface area contributed by atoms with E-state index >= 15 is 0 Å². The molecule has 30 heavy (non-hydrogen) atoms. The molecule has 0 amide bonds. The Kier molecular flexibility index (Phi) is 5.29. The lowest BCUT2D eigenvalue weighted by molar-refractivity contribution is 0.416. The monoisotopic (exact) mass is 428 g/mol. The highest BCUT2D eigenvalue weighted by atomic mass is 32.2. The Hall–Kier alpha value is -2.84. The highest BCUT2D eigenvalue weighted by molar-refractivity contribution is 7.89. The van der Waals surface area contributed by atoms with Crippen molar-refractivity contribution in [3.05, 3.63) is 63.5 Å². The van der Waals surface area contributed by atoms with Gasteiger partial charge in [0.1, 0.15) is 11.3 Å². The van der Waals surface area contributed by atoms with Gasteiger partial charge in [0.2, 0.25) is 10.0 Å². The summed E-state index contributed by atoms with van der Waals surface area (Å²) < 4.78 is 38.6. The third-order valence-corrected chi connectivity index (χ3v) is 6.89. The van der Waals surface area contributed by atoms with Crippen LogP contribution in [0.15, 0.2) is 50.5 Å². The number of hydrogen-bond donors (Lipinski definition) is 2. The van der Waals surface area contributed by atoms with Crippen LogP contribution in [0.5, 0.6) is 5.75 Å². The van der Waals surface area contributed by atoms with E-state index in [0.717, 1.165) is 34.9 Å². The van der Waals surface area contributed by atoms with E-state index in [2.05, 4.69) is 10.0 Å². The topological polar surface area (TPSA) is 97.6 Å². The third-order valence-electron chi connectivity index (χ3n) is 5.37. The number of ether oxygens (including phenoxy) is 1. The maximum atomic E-state index is 12.6. The third kappa shape index (κ3) is 4.06. The number of rotatable bonds is 7. The Morgan fingerprint density at radius 1 is 1.13 bits per heavy atom. The summed E-state index contributed by atoms with van der Waals surface area (Å²) in [6.07, 6.45) is 1.73. The number of anilines is 1. The predicted molar refractivity (Wildman–Crippen MR) is 116 cm³/mol. The molecule has 1 aromatic heterocycles. The molecule has 2 aromatic carbocycles. The molecule has 0 atom stereocenters. The molecule has 0 spiro atoms. The SMILES string of the molecule is COc1ccc(S(=O)(=O)NC2CC2)cc1NCc1cc(=O)oc2c(C)c(C)ccc12. The van der Waals surface area contributed by atoms with Gasteiger partial charge in [0, 0.05) is 24.0 Å². The zero-order valence-electron chi connectivity index (χ0n) is 17.1. The van der Waals surface area contributed by atoms with Crippen LogP contribution >= 0.6 is 0 Å². The fourth-order valence-electron chi connectivity index (χ4n) is 3.34. The average Bonchev–Trinajstić information content (AvgIpc) is 3.52. The number of sulfonamides is 1. The fourth-order valence-corrected chi connectivity index (χ4v) is 4.67. The molecule has 4 rings (SSSR count). The summed E-state index contributed by atoms with van der Waals surface area (Å²) in [7, 11) is -2.07. The number of nitrogens with one attached hydrogen (secondary N) is 2. The van der Waals surface area contributed by atoms with Crippen molar-refractivity contribution in [1.29, 1.82) is 0 Å². The fraction of sp³-hybridized carbons (Fsp3) is 0.318. The number of aryl methyl sites for hydroxylation is 2. The van der Waals surface area contributed by atoms with Crippen LogP contribution in [0.3, 0.4) is 0 Å². The van der Waals surface area contributed by atoms with Gasteiger partial charge in [-0.1, -0.05) is 12.1 Å². The van der Waals surface area contributed by atoms with E-state index in [1.165, 1.54) is 19.2 Å². The lowest BCUT2D eigenvalue weighted by atomic mass is 10.0. The molecule has 0 saturated heterocycles. The van der Waals surface area contributed by atoms with Gasteiger partial charge in [0.25, 0.3) is 0 Å². The molecule has 0 aliphatic heterocycles. The van der Waals surface area contributed by atoms with Crippen molar-refractivity contribution in [3.8, 4) is 5.75 Å². The molecule has 2 N–H and O–H groups in total. The second-order valence-electron chi connectivity index (χ2n) is 7.59. The van der Waals surface area contributed by atoms with Crippen molar-refractivity contribution in [1.82, 2.24) is 4.72 Å². The lowest BCUT2D eigenvalue weighted by Crippen LogP contribution is -2.25. The van der Waals surface area contributed by atoms with Gasteiger partial charge in [-0.25, -0.2) is 17.9 Å². The molecule has 1 aliphatic carbocycles. The van der Waals surface area contributed by atoms with E-state index in [1.54, 1.807) is 12.1 Å². The van der Waals surface area contributed by atoms with Gasteiger partial charge in [-0.15, -0.1) is 0 Å². The summed E-state index contributed by atoms with van der Waals surface area (Å²) >= 11 is 0. The Bertz CT molecular complexity index is 1280. The van der Waals surface area contributed by atoms with Crippen molar-refractivity contribution in [2.24, 2.45) is 0 Å². The molecule has 3 aromatic rings. The molecule has 1 heterocycles. The Balaban J connectivity index is 1.67. The van der Waals surface area contributed by atoms with Crippen LogP contribution in [0.2, 0.25) is 0 Å². The summed E-state index contributed by atoms with van der Waals surface area (Å²) in [6, 6.07) is 10.1. The minimum atomic E-state index is -3.59. The molecule has 1 aliphatic rings. The van der Waals surface area contributed by atoms with Crippen LogP contribution in [0.25, 0.3) is 11.0 Å². The van der Waals surface area contributed by atoms with Crippen molar-refractivity contribution in [2.45, 2.75) is 44.2 Å². The van der Waals surface area contributed by atoms with Crippen LogP contribution in [-0.2, 0) is 16.6 Å². The Labute approximate surface area is 175 Å². The standard InChI is InChI=1S/C22H24N2O5S/c1-13-4-8-18-15(10-21(25)29-22(18)14(13)2)12-23-19-11-17(7-9-20(19)28-3)30(26,27)24-16-5-6-16/h4,7-11,16,23-24H,5-6,12H2,1-3H3. The summed E-state index contributed by atoms with van der Waals surface area (Å²) in [5.41, 5.74) is 3.39. The largest absolute Gasteiger partial charge is 0.495 e. The summed E-state index contributed by atoms with van der Waals surface area (Å²) in [5.74, 6) is 0.514. The number of benzene rings is 2. The average molecular weight is 429 g/mol. The maximum Gasteiger partial charge on any atom is 0.336 e. The van der Waals surface area contributed by atoms with Gasteiger partial charge in [-0.3, -0.25) is 0 Å². The number of hydrogen-bond acceptors (Lipinski definition) is 6. The first-order valence-corrected chi connectivity index (χ1v) is 11.2. The first-order valence-electron chi connectivity index (χ1n) is 9.75. The normalized spacial score (nSPS) is 14.1. The molecule has 0 unspecified atom stereocenters. The van der Waals surface area contributed by atoms with Crippen molar-refractivity contribution < 1.29 is 17.6 Å². The van der Waals surface area contributed by atoms with Gasteiger partial charge in [-0.05, 0) is 61.6 Å². The van der Waals surface area contributed by atoms with Crippen LogP contribution in [-0.4, -0.2) is 21.6 Å². The summed E-state index contributed by atoms with van der Waals surface area (Å²) in [4.78, 5) is 12.3. The second-order valence-corrected chi connectivity index (χ2v) is 9.30. The predicted octanol–water partition coefficient (Wildman–Crippen LogP) is 3.47. The van der Waals surface area contributed by atoms with Gasteiger partial charge in [0.05, 0.1) is 17.7 Å². The minimum absolute atomic E-state index is 0.0233. The number of fused-ring (bicyclic) bond motifs is 1. The van der Waals surface area contributed by atoms with Crippen LogP contribution in [0.4, 0.5) is 5.69 Å². The van der Waals surface area contributed by atoms with Gasteiger partial charge in [0.15, 0.2) is 0 Å².